The molecule has 4 aromatic rings. The SMILES string of the molecule is O=C1NS(=O)(=O)c2ccccc21.O=c1c2ccccc2oc2ccccc12. The zero-order valence-corrected chi connectivity index (χ0v) is 14.7. The van der Waals surface area contributed by atoms with Crippen LogP contribution in [-0.4, -0.2) is 14.3 Å². The second-order valence-electron chi connectivity index (χ2n) is 5.85. The topological polar surface area (TPSA) is 93.5 Å². The Bertz CT molecular complexity index is 1300. The molecule has 3 aromatic carbocycles. The van der Waals surface area contributed by atoms with Crippen LogP contribution in [0.5, 0.6) is 0 Å². The number of carbonyl (C=O) groups is 1. The number of nitrogens with one attached hydrogen (secondary N) is 1. The first-order valence-electron chi connectivity index (χ1n) is 8.04. The highest BCUT2D eigenvalue weighted by Crippen LogP contribution is 2.21. The summed E-state index contributed by atoms with van der Waals surface area (Å²) in [6.07, 6.45) is 0. The number of sulfonamides is 1. The molecule has 27 heavy (non-hydrogen) atoms. The third kappa shape index (κ3) is 2.98. The Labute approximate surface area is 154 Å². The lowest BCUT2D eigenvalue weighted by molar-refractivity contribution is 0.0985. The Hall–Kier alpha value is -3.45. The van der Waals surface area contributed by atoms with Gasteiger partial charge in [-0.15, -0.1) is 0 Å². The summed E-state index contributed by atoms with van der Waals surface area (Å²) in [6.45, 7) is 0. The van der Waals surface area contributed by atoms with Gasteiger partial charge >= 0.3 is 0 Å². The van der Waals surface area contributed by atoms with Crippen molar-refractivity contribution in [3.05, 3.63) is 88.6 Å². The van der Waals surface area contributed by atoms with Crippen molar-refractivity contribution < 1.29 is 17.6 Å². The third-order valence-corrected chi connectivity index (χ3v) is 5.52. The predicted octanol–water partition coefficient (Wildman–Crippen LogP) is 3.06. The maximum Gasteiger partial charge on any atom is 0.266 e. The molecule has 1 N–H and O–H groups in total. The summed E-state index contributed by atoms with van der Waals surface area (Å²) in [7, 11) is -3.55. The molecule has 1 amide bonds. The Kier molecular flexibility index (Phi) is 4.01. The Balaban J connectivity index is 0.000000137. The first-order valence-corrected chi connectivity index (χ1v) is 9.52. The smallest absolute Gasteiger partial charge is 0.266 e. The predicted molar refractivity (Wildman–Crippen MR) is 101 cm³/mol. The molecule has 0 spiro atoms. The van der Waals surface area contributed by atoms with Crippen LogP contribution >= 0.6 is 0 Å². The van der Waals surface area contributed by atoms with Gasteiger partial charge < -0.3 is 4.42 Å². The number of rotatable bonds is 0. The molecule has 1 aliphatic rings. The summed E-state index contributed by atoms with van der Waals surface area (Å²) in [4.78, 5) is 23.1. The summed E-state index contributed by atoms with van der Waals surface area (Å²) in [5, 5.41) is 1.27. The van der Waals surface area contributed by atoms with Crippen LogP contribution in [-0.2, 0) is 10.0 Å². The Morgan fingerprint density at radius 2 is 1.22 bits per heavy atom. The van der Waals surface area contributed by atoms with E-state index in [2.05, 4.69) is 0 Å². The lowest BCUT2D eigenvalue weighted by Crippen LogP contribution is -2.20. The molecule has 0 bridgehead atoms. The quantitative estimate of drug-likeness (QED) is 0.474. The van der Waals surface area contributed by atoms with Crippen LogP contribution in [0.3, 0.4) is 0 Å². The molecular formula is C20H13NO5S. The van der Waals surface area contributed by atoms with E-state index in [0.717, 1.165) is 0 Å². The molecule has 1 aliphatic heterocycles. The standard InChI is InChI=1S/C13H8O2.C7H5NO3S/c14-13-9-5-1-3-7-11(9)15-12-8-4-2-6-10(12)13;9-7-5-3-1-2-4-6(5)12(10,11)8-7/h1-8H;1-4H,(H,8,9). The van der Waals surface area contributed by atoms with Gasteiger partial charge in [-0.2, -0.15) is 0 Å². The maximum absolute atomic E-state index is 12.0. The molecule has 5 rings (SSSR count). The molecule has 0 saturated carbocycles. The molecule has 1 aromatic heterocycles. The molecule has 134 valence electrons. The molecule has 0 atom stereocenters. The lowest BCUT2D eigenvalue weighted by atomic mass is 10.1. The number of carbonyl (C=O) groups excluding carboxylic acids is 1. The van der Waals surface area contributed by atoms with Crippen molar-refractivity contribution in [1.82, 2.24) is 4.72 Å². The normalized spacial score (nSPS) is 14.3. The number of hydrogen-bond donors (Lipinski definition) is 1. The van der Waals surface area contributed by atoms with E-state index in [4.69, 9.17) is 4.42 Å². The highest BCUT2D eigenvalue weighted by Gasteiger charge is 2.31. The molecule has 0 fully saturated rings. The van der Waals surface area contributed by atoms with E-state index in [1.54, 1.807) is 24.3 Å². The summed E-state index contributed by atoms with van der Waals surface area (Å²) in [5.74, 6) is -0.550. The number of benzene rings is 3. The van der Waals surface area contributed by atoms with Gasteiger partial charge in [0.25, 0.3) is 15.9 Å². The fourth-order valence-corrected chi connectivity index (χ4v) is 4.04. The zero-order chi connectivity index (χ0) is 19.0. The number of amides is 1. The number of para-hydroxylation sites is 2. The van der Waals surface area contributed by atoms with Gasteiger partial charge in [0.15, 0.2) is 0 Å². The largest absolute Gasteiger partial charge is 0.456 e. The monoisotopic (exact) mass is 379 g/mol. The van der Waals surface area contributed by atoms with Crippen LogP contribution in [0.25, 0.3) is 21.9 Å². The van der Waals surface area contributed by atoms with Gasteiger partial charge in [0.2, 0.25) is 5.43 Å². The van der Waals surface area contributed by atoms with Crippen molar-refractivity contribution >= 4 is 37.9 Å². The highest BCUT2D eigenvalue weighted by atomic mass is 32.2. The van der Waals surface area contributed by atoms with Crippen molar-refractivity contribution in [2.45, 2.75) is 4.90 Å². The fourth-order valence-electron chi connectivity index (χ4n) is 2.87. The Morgan fingerprint density at radius 3 is 1.81 bits per heavy atom. The maximum atomic E-state index is 12.0. The van der Waals surface area contributed by atoms with E-state index in [1.807, 2.05) is 41.1 Å². The summed E-state index contributed by atoms with van der Waals surface area (Å²) in [6, 6.07) is 20.7. The van der Waals surface area contributed by atoms with Crippen molar-refractivity contribution in [2.75, 3.05) is 0 Å². The van der Waals surface area contributed by atoms with E-state index in [1.165, 1.54) is 12.1 Å². The average Bonchev–Trinajstić information content (AvgIpc) is 2.92. The first-order chi connectivity index (χ1) is 13.0. The highest BCUT2D eigenvalue weighted by molar-refractivity contribution is 7.90. The molecule has 2 heterocycles. The molecule has 0 saturated heterocycles. The van der Waals surface area contributed by atoms with Gasteiger partial charge in [0.1, 0.15) is 16.1 Å². The number of fused-ring (bicyclic) bond motifs is 3. The first kappa shape index (κ1) is 17.0. The molecule has 0 radical (unpaired) electrons. The van der Waals surface area contributed by atoms with Crippen molar-refractivity contribution in [3.8, 4) is 0 Å². The summed E-state index contributed by atoms with van der Waals surface area (Å²) < 4.78 is 29.8. The van der Waals surface area contributed by atoms with E-state index in [0.29, 0.717) is 21.9 Å². The average molecular weight is 379 g/mol. The van der Waals surface area contributed by atoms with Crippen LogP contribution in [0, 0.1) is 0 Å². The molecule has 6 nitrogen and oxygen atoms in total. The van der Waals surface area contributed by atoms with Gasteiger partial charge in [-0.1, -0.05) is 36.4 Å². The summed E-state index contributed by atoms with van der Waals surface area (Å²) >= 11 is 0. The third-order valence-electron chi connectivity index (χ3n) is 4.13. The van der Waals surface area contributed by atoms with E-state index < -0.39 is 15.9 Å². The van der Waals surface area contributed by atoms with Crippen LogP contribution in [0.1, 0.15) is 10.4 Å². The van der Waals surface area contributed by atoms with Gasteiger partial charge in [0.05, 0.1) is 16.3 Å². The Morgan fingerprint density at radius 1 is 0.704 bits per heavy atom. The summed E-state index contributed by atoms with van der Waals surface area (Å²) in [5.41, 5.74) is 1.53. The minimum absolute atomic E-state index is 0.0347. The lowest BCUT2D eigenvalue weighted by Gasteiger charge is -1.99. The molecule has 0 aliphatic carbocycles. The van der Waals surface area contributed by atoms with E-state index >= 15 is 0 Å². The second kappa shape index (κ2) is 6.37. The number of hydrogen-bond acceptors (Lipinski definition) is 5. The van der Waals surface area contributed by atoms with E-state index in [-0.39, 0.29) is 15.9 Å². The van der Waals surface area contributed by atoms with Crippen molar-refractivity contribution in [3.63, 3.8) is 0 Å². The van der Waals surface area contributed by atoms with Crippen LogP contribution < -0.4 is 10.2 Å². The molecule has 7 heteroatoms. The van der Waals surface area contributed by atoms with E-state index in [9.17, 15) is 18.0 Å². The zero-order valence-electron chi connectivity index (χ0n) is 13.9. The van der Waals surface area contributed by atoms with Crippen LogP contribution in [0.2, 0.25) is 0 Å². The van der Waals surface area contributed by atoms with Gasteiger partial charge in [-0.05, 0) is 36.4 Å². The fraction of sp³-hybridized carbons (Fsp3) is 0. The van der Waals surface area contributed by atoms with Gasteiger partial charge in [-0.3, -0.25) is 9.59 Å². The molecular weight excluding hydrogens is 366 g/mol. The van der Waals surface area contributed by atoms with Crippen molar-refractivity contribution in [1.29, 1.82) is 0 Å². The van der Waals surface area contributed by atoms with Crippen LogP contribution in [0.4, 0.5) is 0 Å². The second-order valence-corrected chi connectivity index (χ2v) is 7.51. The minimum atomic E-state index is -3.55. The molecule has 0 unspecified atom stereocenters. The van der Waals surface area contributed by atoms with Crippen molar-refractivity contribution in [2.24, 2.45) is 0 Å². The van der Waals surface area contributed by atoms with Gasteiger partial charge in [0, 0.05) is 0 Å². The van der Waals surface area contributed by atoms with Crippen LogP contribution in [0.15, 0.2) is 86.9 Å². The van der Waals surface area contributed by atoms with Gasteiger partial charge in [-0.25, -0.2) is 13.1 Å². The minimum Gasteiger partial charge on any atom is -0.456 e.